The molecule has 5 nitrogen and oxygen atoms in total. The Labute approximate surface area is 159 Å². The third-order valence-electron chi connectivity index (χ3n) is 5.00. The molecule has 0 fully saturated rings. The Balaban J connectivity index is 1.88. The van der Waals surface area contributed by atoms with Crippen LogP contribution in [0.2, 0.25) is 0 Å². The first kappa shape index (κ1) is 18.8. The summed E-state index contributed by atoms with van der Waals surface area (Å²) in [5.41, 5.74) is 0.523. The number of nitrogens with zero attached hydrogens (tertiary/aromatic N) is 2. The lowest BCUT2D eigenvalue weighted by molar-refractivity contribution is -0.237. The summed E-state index contributed by atoms with van der Waals surface area (Å²) in [4.78, 5) is 4.43. The fraction of sp³-hybridized carbons (Fsp3) is 0.350. The van der Waals surface area contributed by atoms with Gasteiger partial charge in [-0.2, -0.15) is 13.2 Å². The van der Waals surface area contributed by atoms with Crippen LogP contribution in [0.5, 0.6) is 5.75 Å². The Morgan fingerprint density at radius 3 is 2.64 bits per heavy atom. The van der Waals surface area contributed by atoms with E-state index < -0.39 is 30.6 Å². The Hall–Kier alpha value is -2.58. The molecule has 0 bridgehead atoms. The summed E-state index contributed by atoms with van der Waals surface area (Å²) in [5.74, 6) is 0.305. The van der Waals surface area contributed by atoms with Crippen LogP contribution >= 0.6 is 0 Å². The van der Waals surface area contributed by atoms with E-state index in [1.165, 1.54) is 6.92 Å². The molecule has 2 unspecified atom stereocenters. The van der Waals surface area contributed by atoms with E-state index in [4.69, 9.17) is 9.47 Å². The maximum absolute atomic E-state index is 12.9. The molecule has 148 valence electrons. The van der Waals surface area contributed by atoms with E-state index in [1.807, 2.05) is 13.0 Å². The molecule has 4 rings (SSSR count). The summed E-state index contributed by atoms with van der Waals surface area (Å²) < 4.78 is 51.8. The van der Waals surface area contributed by atoms with Crippen LogP contribution in [0.1, 0.15) is 29.8 Å². The van der Waals surface area contributed by atoms with Crippen LogP contribution in [0.4, 0.5) is 13.2 Å². The summed E-state index contributed by atoms with van der Waals surface area (Å²) in [6.45, 7) is 1.78. The topological polar surface area (TPSA) is 56.0 Å². The SMILES string of the molecule is Cc1cn2ccc3c(c2n1)O[C@H](c1ccccc1)C(O)C3(C)OCC(F)(F)F. The predicted molar refractivity (Wildman–Crippen MR) is 95.1 cm³/mol. The molecule has 1 aliphatic rings. The number of ether oxygens (including phenoxy) is 2. The van der Waals surface area contributed by atoms with Crippen molar-refractivity contribution in [2.45, 2.75) is 37.8 Å². The van der Waals surface area contributed by atoms with Crippen molar-refractivity contribution in [1.29, 1.82) is 0 Å². The molecule has 0 amide bonds. The van der Waals surface area contributed by atoms with Crippen LogP contribution in [0.3, 0.4) is 0 Å². The minimum absolute atomic E-state index is 0.305. The molecule has 2 aromatic heterocycles. The van der Waals surface area contributed by atoms with E-state index in [-0.39, 0.29) is 0 Å². The first-order valence-corrected chi connectivity index (χ1v) is 8.78. The number of benzene rings is 1. The molecule has 0 saturated carbocycles. The van der Waals surface area contributed by atoms with Crippen molar-refractivity contribution in [2.75, 3.05) is 6.61 Å². The Morgan fingerprint density at radius 2 is 1.96 bits per heavy atom. The van der Waals surface area contributed by atoms with E-state index in [2.05, 4.69) is 4.98 Å². The number of fused-ring (bicyclic) bond motifs is 3. The first-order chi connectivity index (χ1) is 13.2. The van der Waals surface area contributed by atoms with Crippen LogP contribution in [-0.4, -0.2) is 33.4 Å². The molecule has 1 aliphatic heterocycles. The lowest BCUT2D eigenvalue weighted by Gasteiger charge is -2.44. The third-order valence-corrected chi connectivity index (χ3v) is 5.00. The van der Waals surface area contributed by atoms with Crippen LogP contribution < -0.4 is 4.74 Å². The number of alkyl halides is 3. The molecule has 3 atom stereocenters. The average Bonchev–Trinajstić information content (AvgIpc) is 3.04. The van der Waals surface area contributed by atoms with Gasteiger partial charge in [0.1, 0.15) is 18.3 Å². The van der Waals surface area contributed by atoms with Crippen molar-refractivity contribution in [3.63, 3.8) is 0 Å². The van der Waals surface area contributed by atoms with Gasteiger partial charge < -0.3 is 19.0 Å². The number of hydrogen-bond acceptors (Lipinski definition) is 4. The minimum atomic E-state index is -4.53. The number of aliphatic hydroxyl groups excluding tert-OH is 1. The van der Waals surface area contributed by atoms with E-state index >= 15 is 0 Å². The zero-order valence-corrected chi connectivity index (χ0v) is 15.3. The highest BCUT2D eigenvalue weighted by molar-refractivity contribution is 5.62. The number of rotatable bonds is 3. The zero-order chi connectivity index (χ0) is 20.1. The second-order valence-corrected chi connectivity index (χ2v) is 7.08. The number of aliphatic hydroxyl groups is 1. The fourth-order valence-electron chi connectivity index (χ4n) is 3.58. The number of aryl methyl sites for hydroxylation is 1. The highest BCUT2D eigenvalue weighted by atomic mass is 19.4. The zero-order valence-electron chi connectivity index (χ0n) is 15.3. The molecule has 8 heteroatoms. The average molecular weight is 392 g/mol. The number of aromatic nitrogens is 2. The molecular weight excluding hydrogens is 373 g/mol. The molecule has 0 saturated heterocycles. The Morgan fingerprint density at radius 1 is 1.25 bits per heavy atom. The van der Waals surface area contributed by atoms with Crippen molar-refractivity contribution < 1.29 is 27.8 Å². The van der Waals surface area contributed by atoms with E-state index in [9.17, 15) is 18.3 Å². The van der Waals surface area contributed by atoms with Gasteiger partial charge in [-0.25, -0.2) is 4.98 Å². The van der Waals surface area contributed by atoms with Crippen LogP contribution in [-0.2, 0) is 10.3 Å². The van der Waals surface area contributed by atoms with E-state index in [0.29, 0.717) is 22.5 Å². The fourth-order valence-corrected chi connectivity index (χ4v) is 3.58. The number of hydrogen-bond donors (Lipinski definition) is 1. The van der Waals surface area contributed by atoms with Gasteiger partial charge in [-0.15, -0.1) is 0 Å². The summed E-state index contributed by atoms with van der Waals surface area (Å²) in [5, 5.41) is 11.0. The molecular formula is C20H19F3N2O3. The van der Waals surface area contributed by atoms with Gasteiger partial charge in [-0.3, -0.25) is 0 Å². The molecule has 0 aliphatic carbocycles. The molecule has 3 heterocycles. The second-order valence-electron chi connectivity index (χ2n) is 7.08. The molecule has 0 radical (unpaired) electrons. The predicted octanol–water partition coefficient (Wildman–Crippen LogP) is 3.93. The van der Waals surface area contributed by atoms with Gasteiger partial charge in [-0.05, 0) is 25.5 Å². The molecule has 1 aromatic carbocycles. The third kappa shape index (κ3) is 3.12. The Kier molecular flexibility index (Phi) is 4.35. The number of pyridine rings is 1. The molecule has 3 aromatic rings. The largest absolute Gasteiger partial charge is 0.479 e. The second kappa shape index (κ2) is 6.49. The summed E-state index contributed by atoms with van der Waals surface area (Å²) in [6.07, 6.45) is -3.34. The van der Waals surface area contributed by atoms with Crippen molar-refractivity contribution in [2.24, 2.45) is 0 Å². The number of imidazole rings is 1. The molecule has 0 spiro atoms. The monoisotopic (exact) mass is 392 g/mol. The van der Waals surface area contributed by atoms with Gasteiger partial charge in [0.2, 0.25) is 0 Å². The minimum Gasteiger partial charge on any atom is -0.479 e. The highest BCUT2D eigenvalue weighted by Gasteiger charge is 2.50. The van der Waals surface area contributed by atoms with Crippen molar-refractivity contribution in [3.8, 4) is 5.75 Å². The van der Waals surface area contributed by atoms with Gasteiger partial charge in [-0.1, -0.05) is 30.3 Å². The maximum atomic E-state index is 12.9. The van der Waals surface area contributed by atoms with Crippen LogP contribution in [0.15, 0.2) is 48.8 Å². The lowest BCUT2D eigenvalue weighted by atomic mass is 9.82. The van der Waals surface area contributed by atoms with Crippen LogP contribution in [0.25, 0.3) is 5.65 Å². The standard InChI is InChI=1S/C20H19F3N2O3/c1-12-10-25-9-8-14-16(18(25)24-12)28-15(13-6-4-3-5-7-13)17(26)19(14,2)27-11-20(21,22)23/h3-10,15,17,26H,11H2,1-2H3/t15-,17?,19?/m1/s1. The van der Waals surface area contributed by atoms with Gasteiger partial charge in [0.15, 0.2) is 17.5 Å². The summed E-state index contributed by atoms with van der Waals surface area (Å²) in [6, 6.07) is 10.5. The normalized spacial score (nSPS) is 24.8. The maximum Gasteiger partial charge on any atom is 0.411 e. The van der Waals surface area contributed by atoms with Crippen molar-refractivity contribution in [3.05, 3.63) is 65.6 Å². The Bertz CT molecular complexity index is 1000. The summed E-state index contributed by atoms with van der Waals surface area (Å²) >= 11 is 0. The van der Waals surface area contributed by atoms with Gasteiger partial charge in [0.05, 0.1) is 5.69 Å². The van der Waals surface area contributed by atoms with Crippen molar-refractivity contribution >= 4 is 5.65 Å². The molecule has 1 N–H and O–H groups in total. The summed E-state index contributed by atoms with van der Waals surface area (Å²) in [7, 11) is 0. The number of halogens is 3. The van der Waals surface area contributed by atoms with Gasteiger partial charge in [0, 0.05) is 18.0 Å². The van der Waals surface area contributed by atoms with Crippen molar-refractivity contribution in [1.82, 2.24) is 9.38 Å². The molecule has 28 heavy (non-hydrogen) atoms. The van der Waals surface area contributed by atoms with Gasteiger partial charge >= 0.3 is 6.18 Å². The highest BCUT2D eigenvalue weighted by Crippen LogP contribution is 2.48. The van der Waals surface area contributed by atoms with E-state index in [1.54, 1.807) is 47.1 Å². The quantitative estimate of drug-likeness (QED) is 0.734. The first-order valence-electron chi connectivity index (χ1n) is 8.78. The van der Waals surface area contributed by atoms with Crippen LogP contribution in [0, 0.1) is 6.92 Å². The lowest BCUT2D eigenvalue weighted by Crippen LogP contribution is -2.49. The smallest absolute Gasteiger partial charge is 0.411 e. The van der Waals surface area contributed by atoms with Gasteiger partial charge in [0.25, 0.3) is 0 Å². The van der Waals surface area contributed by atoms with E-state index in [0.717, 1.165) is 5.69 Å².